The number of ether oxygens (including phenoxy) is 2. The number of sulfonamides is 1. The molecule has 82 valence electrons. The molecule has 0 aliphatic carbocycles. The first-order valence-corrected chi connectivity index (χ1v) is 6.52. The molecule has 14 heavy (non-hydrogen) atoms. The zero-order chi connectivity index (χ0) is 10.2. The molecule has 0 radical (unpaired) electrons. The Hall–Kier alpha value is 0.120. The quantitative estimate of drug-likeness (QED) is 0.618. The second-order valence-electron chi connectivity index (χ2n) is 3.43. The van der Waals surface area contributed by atoms with Crippen molar-refractivity contribution in [1.29, 1.82) is 0 Å². The van der Waals surface area contributed by atoms with E-state index in [4.69, 9.17) is 21.1 Å². The molecular weight excluding hydrogens is 230 g/mol. The molecule has 2 saturated heterocycles. The minimum absolute atomic E-state index is 0.203. The van der Waals surface area contributed by atoms with E-state index < -0.39 is 10.0 Å². The summed E-state index contributed by atoms with van der Waals surface area (Å²) in [5.74, 6) is 0. The summed E-state index contributed by atoms with van der Waals surface area (Å²) in [5.41, 5.74) is 0. The SMILES string of the molecule is O=S(=O)(CCl)N1C2COCC1COC2. The third kappa shape index (κ3) is 1.77. The molecule has 2 fully saturated rings. The summed E-state index contributed by atoms with van der Waals surface area (Å²) in [5, 5.41) is -0.375. The van der Waals surface area contributed by atoms with E-state index >= 15 is 0 Å². The van der Waals surface area contributed by atoms with Gasteiger partial charge in [0, 0.05) is 0 Å². The van der Waals surface area contributed by atoms with Crippen molar-refractivity contribution in [2.75, 3.05) is 31.6 Å². The molecule has 2 aliphatic heterocycles. The van der Waals surface area contributed by atoms with Gasteiger partial charge in [-0.05, 0) is 0 Å². The van der Waals surface area contributed by atoms with E-state index in [1.807, 2.05) is 0 Å². The first kappa shape index (κ1) is 10.6. The molecule has 0 atom stereocenters. The summed E-state index contributed by atoms with van der Waals surface area (Å²) in [6.45, 7) is 1.58. The zero-order valence-electron chi connectivity index (χ0n) is 7.56. The smallest absolute Gasteiger partial charge is 0.228 e. The molecule has 0 saturated carbocycles. The summed E-state index contributed by atoms with van der Waals surface area (Å²) >= 11 is 5.43. The van der Waals surface area contributed by atoms with Gasteiger partial charge in [0.25, 0.3) is 0 Å². The largest absolute Gasteiger partial charge is 0.378 e. The molecule has 0 aromatic heterocycles. The van der Waals surface area contributed by atoms with Crippen LogP contribution in [0.5, 0.6) is 0 Å². The lowest BCUT2D eigenvalue weighted by molar-refractivity contribution is -0.102. The number of nitrogens with zero attached hydrogens (tertiary/aromatic N) is 1. The fraction of sp³-hybridized carbons (Fsp3) is 1.00. The molecule has 0 amide bonds. The van der Waals surface area contributed by atoms with Gasteiger partial charge in [-0.1, -0.05) is 0 Å². The summed E-state index contributed by atoms with van der Waals surface area (Å²) in [6, 6.07) is -0.405. The van der Waals surface area contributed by atoms with Gasteiger partial charge in [0.05, 0.1) is 38.5 Å². The van der Waals surface area contributed by atoms with Crippen LogP contribution in [0.25, 0.3) is 0 Å². The van der Waals surface area contributed by atoms with Crippen LogP contribution in [0, 0.1) is 0 Å². The molecule has 0 spiro atoms. The molecule has 0 aromatic rings. The number of halogens is 1. The number of fused-ring (bicyclic) bond motifs is 2. The highest BCUT2D eigenvalue weighted by atomic mass is 35.5. The Bertz CT molecular complexity index is 285. The highest BCUT2D eigenvalue weighted by molar-refractivity contribution is 7.90. The van der Waals surface area contributed by atoms with Gasteiger partial charge in [0.1, 0.15) is 5.21 Å². The second-order valence-corrected chi connectivity index (χ2v) is 5.89. The second kappa shape index (κ2) is 3.94. The van der Waals surface area contributed by atoms with Gasteiger partial charge in [-0.2, -0.15) is 4.31 Å². The van der Waals surface area contributed by atoms with Crippen LogP contribution < -0.4 is 0 Å². The Kier molecular flexibility index (Phi) is 2.99. The van der Waals surface area contributed by atoms with E-state index in [-0.39, 0.29) is 17.3 Å². The van der Waals surface area contributed by atoms with Gasteiger partial charge in [0.15, 0.2) is 0 Å². The van der Waals surface area contributed by atoms with Crippen LogP contribution in [0.2, 0.25) is 0 Å². The van der Waals surface area contributed by atoms with E-state index in [2.05, 4.69) is 0 Å². The average Bonchev–Trinajstić information content (AvgIpc) is 2.16. The molecule has 2 rings (SSSR count). The topological polar surface area (TPSA) is 55.8 Å². The van der Waals surface area contributed by atoms with Crippen molar-refractivity contribution in [2.45, 2.75) is 12.1 Å². The van der Waals surface area contributed by atoms with Gasteiger partial charge in [-0.25, -0.2) is 8.42 Å². The normalized spacial score (nSPS) is 34.4. The van der Waals surface area contributed by atoms with Gasteiger partial charge in [-0.15, -0.1) is 11.6 Å². The molecule has 2 aliphatic rings. The Morgan fingerprint density at radius 3 is 1.93 bits per heavy atom. The zero-order valence-corrected chi connectivity index (χ0v) is 9.13. The van der Waals surface area contributed by atoms with E-state index in [0.29, 0.717) is 26.4 Å². The minimum Gasteiger partial charge on any atom is -0.378 e. The molecule has 7 heteroatoms. The number of alkyl halides is 1. The third-order valence-electron chi connectivity index (χ3n) is 2.42. The van der Waals surface area contributed by atoms with Crippen LogP contribution in [-0.4, -0.2) is 56.4 Å². The Labute approximate surface area is 88.0 Å². The Balaban J connectivity index is 2.24. The predicted octanol–water partition coefficient (Wildman–Crippen LogP) is -0.388. The van der Waals surface area contributed by atoms with Gasteiger partial charge in [0.2, 0.25) is 10.0 Å². The first-order valence-electron chi connectivity index (χ1n) is 4.38. The highest BCUT2D eigenvalue weighted by Gasteiger charge is 2.42. The van der Waals surface area contributed by atoms with Crippen LogP contribution in [0.4, 0.5) is 0 Å². The highest BCUT2D eigenvalue weighted by Crippen LogP contribution is 2.23. The summed E-state index contributed by atoms with van der Waals surface area (Å²) < 4.78 is 35.3. The van der Waals surface area contributed by atoms with Crippen LogP contribution in [-0.2, 0) is 19.5 Å². The van der Waals surface area contributed by atoms with E-state index in [1.54, 1.807) is 0 Å². The van der Waals surface area contributed by atoms with Crippen molar-refractivity contribution in [2.24, 2.45) is 0 Å². The van der Waals surface area contributed by atoms with Crippen LogP contribution in [0.1, 0.15) is 0 Å². The third-order valence-corrected chi connectivity index (χ3v) is 4.76. The van der Waals surface area contributed by atoms with Crippen LogP contribution in [0.3, 0.4) is 0 Å². The van der Waals surface area contributed by atoms with E-state index in [1.165, 1.54) is 4.31 Å². The Morgan fingerprint density at radius 2 is 1.57 bits per heavy atom. The maximum atomic E-state index is 11.7. The molecule has 0 unspecified atom stereocenters. The average molecular weight is 242 g/mol. The van der Waals surface area contributed by atoms with Gasteiger partial charge >= 0.3 is 0 Å². The minimum atomic E-state index is -3.34. The lowest BCUT2D eigenvalue weighted by atomic mass is 10.2. The van der Waals surface area contributed by atoms with Crippen LogP contribution >= 0.6 is 11.6 Å². The standard InChI is InChI=1S/C7H12ClNO4S/c8-5-14(10,11)9-6-1-12-3-7(9)4-13-2-6/h6-7H,1-5H2. The van der Waals surface area contributed by atoms with Gasteiger partial charge in [-0.3, -0.25) is 0 Å². The lowest BCUT2D eigenvalue weighted by Gasteiger charge is -2.43. The number of hydrogen-bond donors (Lipinski definition) is 0. The molecular formula is C7H12ClNO4S. The van der Waals surface area contributed by atoms with Crippen molar-refractivity contribution in [3.8, 4) is 0 Å². The Morgan fingerprint density at radius 1 is 1.14 bits per heavy atom. The van der Waals surface area contributed by atoms with Crippen molar-refractivity contribution in [3.63, 3.8) is 0 Å². The lowest BCUT2D eigenvalue weighted by Crippen LogP contribution is -2.61. The first-order chi connectivity index (χ1) is 6.65. The van der Waals surface area contributed by atoms with E-state index in [0.717, 1.165) is 0 Å². The van der Waals surface area contributed by atoms with Crippen LogP contribution in [0.15, 0.2) is 0 Å². The van der Waals surface area contributed by atoms with Gasteiger partial charge < -0.3 is 9.47 Å². The molecule has 2 bridgehead atoms. The molecule has 0 N–H and O–H groups in total. The maximum absolute atomic E-state index is 11.7. The van der Waals surface area contributed by atoms with E-state index in [9.17, 15) is 8.42 Å². The van der Waals surface area contributed by atoms with Crippen molar-refractivity contribution < 1.29 is 17.9 Å². The fourth-order valence-corrected chi connectivity index (χ4v) is 3.48. The summed E-state index contributed by atoms with van der Waals surface area (Å²) in [6.07, 6.45) is 0. The maximum Gasteiger partial charge on any atom is 0.228 e. The molecule has 2 heterocycles. The molecule has 5 nitrogen and oxygen atoms in total. The number of rotatable bonds is 2. The summed E-state index contributed by atoms with van der Waals surface area (Å²) in [4.78, 5) is 0. The summed E-state index contributed by atoms with van der Waals surface area (Å²) in [7, 11) is -3.34. The molecule has 0 aromatic carbocycles. The van der Waals surface area contributed by atoms with Crippen molar-refractivity contribution >= 4 is 21.6 Å². The fourth-order valence-electron chi connectivity index (χ4n) is 1.88. The van der Waals surface area contributed by atoms with Crippen molar-refractivity contribution in [3.05, 3.63) is 0 Å². The monoisotopic (exact) mass is 241 g/mol. The number of hydrogen-bond acceptors (Lipinski definition) is 4. The predicted molar refractivity (Wildman–Crippen MR) is 50.7 cm³/mol. The van der Waals surface area contributed by atoms with Crippen molar-refractivity contribution in [1.82, 2.24) is 4.31 Å². The number of morpholine rings is 2.